The van der Waals surface area contributed by atoms with Gasteiger partial charge in [-0.2, -0.15) is 0 Å². The summed E-state index contributed by atoms with van der Waals surface area (Å²) >= 11 is 0. The van der Waals surface area contributed by atoms with Crippen LogP contribution in [0.1, 0.15) is 29.3 Å². The van der Waals surface area contributed by atoms with Crippen molar-refractivity contribution in [2.24, 2.45) is 4.99 Å². The molecule has 2 heterocycles. The molecule has 0 bridgehead atoms. The Balaban J connectivity index is 1.81. The van der Waals surface area contributed by atoms with Crippen molar-refractivity contribution in [2.45, 2.75) is 25.9 Å². The van der Waals surface area contributed by atoms with E-state index in [1.807, 2.05) is 43.1 Å². The summed E-state index contributed by atoms with van der Waals surface area (Å²) in [5.74, 6) is 2.41. The first-order valence-corrected chi connectivity index (χ1v) is 9.42. The highest BCUT2D eigenvalue weighted by molar-refractivity contribution is 5.85. The van der Waals surface area contributed by atoms with Crippen LogP contribution in [0.4, 0.5) is 0 Å². The van der Waals surface area contributed by atoms with Gasteiger partial charge >= 0.3 is 0 Å². The van der Waals surface area contributed by atoms with Crippen molar-refractivity contribution in [3.05, 3.63) is 53.5 Å². The van der Waals surface area contributed by atoms with Gasteiger partial charge in [0.05, 0.1) is 18.9 Å². The van der Waals surface area contributed by atoms with Crippen LogP contribution in [0.2, 0.25) is 0 Å². The van der Waals surface area contributed by atoms with Gasteiger partial charge < -0.3 is 24.3 Å². The molecule has 0 spiro atoms. The number of hydrogen-bond acceptors (Lipinski definition) is 4. The van der Waals surface area contributed by atoms with Gasteiger partial charge in [0.2, 0.25) is 5.91 Å². The molecule has 0 radical (unpaired) electrons. The Hall–Kier alpha value is -2.96. The van der Waals surface area contributed by atoms with Gasteiger partial charge in [-0.3, -0.25) is 4.79 Å². The van der Waals surface area contributed by atoms with Gasteiger partial charge in [-0.1, -0.05) is 18.2 Å². The molecule has 1 aromatic carbocycles. The Morgan fingerprint density at radius 3 is 2.75 bits per heavy atom. The molecule has 1 atom stereocenters. The molecule has 28 heavy (non-hydrogen) atoms. The highest BCUT2D eigenvalue weighted by atomic mass is 16.5. The predicted molar refractivity (Wildman–Crippen MR) is 108 cm³/mol. The van der Waals surface area contributed by atoms with Crippen molar-refractivity contribution in [1.29, 1.82) is 0 Å². The van der Waals surface area contributed by atoms with Crippen LogP contribution >= 0.6 is 0 Å². The van der Waals surface area contributed by atoms with Crippen molar-refractivity contribution in [3.8, 4) is 5.75 Å². The molecule has 0 saturated carbocycles. The van der Waals surface area contributed by atoms with E-state index in [2.05, 4.69) is 16.4 Å². The number of nitrogens with one attached hydrogen (secondary N) is 1. The third-order valence-electron chi connectivity index (χ3n) is 4.86. The third-order valence-corrected chi connectivity index (χ3v) is 4.86. The van der Waals surface area contributed by atoms with E-state index in [0.29, 0.717) is 19.1 Å². The molecule has 1 aliphatic heterocycles. The summed E-state index contributed by atoms with van der Waals surface area (Å²) in [5.41, 5.74) is 2.19. The number of nitrogens with zero attached hydrogens (tertiary/aromatic N) is 3. The molecule has 0 aliphatic carbocycles. The number of furan rings is 1. The smallest absolute Gasteiger partial charge is 0.243 e. The molecule has 7 heteroatoms. The third kappa shape index (κ3) is 4.65. The Labute approximate surface area is 166 Å². The summed E-state index contributed by atoms with van der Waals surface area (Å²) in [6.07, 6.45) is 2.52. The summed E-state index contributed by atoms with van der Waals surface area (Å²) < 4.78 is 11.2. The number of hydrogen-bond donors (Lipinski definition) is 1. The van der Waals surface area contributed by atoms with Crippen LogP contribution < -0.4 is 10.1 Å². The second-order valence-electron chi connectivity index (χ2n) is 7.16. The first-order valence-electron chi connectivity index (χ1n) is 9.42. The van der Waals surface area contributed by atoms with E-state index in [4.69, 9.17) is 9.15 Å². The number of benzene rings is 1. The number of rotatable bonds is 5. The van der Waals surface area contributed by atoms with E-state index in [1.165, 1.54) is 0 Å². The number of aryl methyl sites for hydroxylation is 1. The molecule has 1 N–H and O–H groups in total. The molecule has 3 rings (SSSR count). The predicted octanol–water partition coefficient (Wildman–Crippen LogP) is 2.58. The van der Waals surface area contributed by atoms with Gasteiger partial charge in [-0.05, 0) is 19.1 Å². The van der Waals surface area contributed by atoms with Crippen LogP contribution in [0.15, 0.2) is 46.0 Å². The zero-order valence-corrected chi connectivity index (χ0v) is 16.9. The number of fused-ring (bicyclic) bond motifs is 1. The summed E-state index contributed by atoms with van der Waals surface area (Å²) in [6.45, 7) is 3.31. The normalized spacial score (nSPS) is 16.1. The fourth-order valence-electron chi connectivity index (χ4n) is 3.11. The molecule has 1 aliphatic rings. The molecular weight excluding hydrogens is 356 g/mol. The first kappa shape index (κ1) is 19.8. The van der Waals surface area contributed by atoms with E-state index >= 15 is 0 Å². The van der Waals surface area contributed by atoms with Crippen molar-refractivity contribution in [1.82, 2.24) is 15.1 Å². The summed E-state index contributed by atoms with van der Waals surface area (Å²) in [6, 6.07) is 10.1. The minimum Gasteiger partial charge on any atom is -0.493 e. The minimum atomic E-state index is -0.0421. The quantitative estimate of drug-likeness (QED) is 0.634. The molecular formula is C21H28N4O3. The van der Waals surface area contributed by atoms with Crippen LogP contribution in [-0.4, -0.2) is 56.0 Å². The number of guanidine groups is 1. The van der Waals surface area contributed by atoms with Crippen LogP contribution in [0.25, 0.3) is 0 Å². The summed E-state index contributed by atoms with van der Waals surface area (Å²) in [4.78, 5) is 20.2. The lowest BCUT2D eigenvalue weighted by Gasteiger charge is -2.31. The topological polar surface area (TPSA) is 70.3 Å². The Morgan fingerprint density at radius 1 is 1.25 bits per heavy atom. The lowest BCUT2D eigenvalue weighted by Crippen LogP contribution is -2.42. The van der Waals surface area contributed by atoms with Gasteiger partial charge in [-0.15, -0.1) is 0 Å². The van der Waals surface area contributed by atoms with Gasteiger partial charge in [0, 0.05) is 45.2 Å². The monoisotopic (exact) mass is 384 g/mol. The van der Waals surface area contributed by atoms with Gasteiger partial charge in [0.25, 0.3) is 0 Å². The maximum absolute atomic E-state index is 12.1. The van der Waals surface area contributed by atoms with Crippen LogP contribution in [0, 0.1) is 6.92 Å². The van der Waals surface area contributed by atoms with Crippen molar-refractivity contribution in [3.63, 3.8) is 0 Å². The van der Waals surface area contributed by atoms with Crippen LogP contribution in [0.5, 0.6) is 5.75 Å². The fraction of sp³-hybridized carbons (Fsp3) is 0.429. The maximum Gasteiger partial charge on any atom is 0.243 e. The van der Waals surface area contributed by atoms with Crippen LogP contribution in [-0.2, 0) is 11.3 Å². The van der Waals surface area contributed by atoms with E-state index < -0.39 is 0 Å². The molecule has 7 nitrogen and oxygen atoms in total. The highest BCUT2D eigenvalue weighted by Crippen LogP contribution is 2.31. The number of amides is 1. The Bertz CT molecular complexity index is 844. The van der Waals surface area contributed by atoms with Crippen LogP contribution in [0.3, 0.4) is 0 Å². The summed E-state index contributed by atoms with van der Waals surface area (Å²) in [7, 11) is 5.43. The number of carbonyl (C=O) groups is 1. The van der Waals surface area contributed by atoms with Gasteiger partial charge in [-0.25, -0.2) is 4.99 Å². The average molecular weight is 384 g/mol. The van der Waals surface area contributed by atoms with E-state index in [9.17, 15) is 4.79 Å². The zero-order valence-electron chi connectivity index (χ0n) is 16.9. The van der Waals surface area contributed by atoms with E-state index in [0.717, 1.165) is 29.1 Å². The zero-order chi connectivity index (χ0) is 20.1. The second-order valence-corrected chi connectivity index (χ2v) is 7.16. The second kappa shape index (κ2) is 8.82. The summed E-state index contributed by atoms with van der Waals surface area (Å²) in [5, 5.41) is 3.53. The standard InChI is InChI=1S/C21H28N4O3/c1-15-16(9-11-27-15)14-25(4)21(22-13-20(26)24(2)3)23-18-10-12-28-19-8-6-5-7-17(18)19/h5-9,11,18H,10,12-14H2,1-4H3,(H,22,23). The average Bonchev–Trinajstić information content (AvgIpc) is 3.09. The maximum atomic E-state index is 12.1. The van der Waals surface area contributed by atoms with Gasteiger partial charge in [0.1, 0.15) is 18.1 Å². The molecule has 1 amide bonds. The molecule has 2 aromatic rings. The number of ether oxygens (including phenoxy) is 1. The number of aliphatic imine (C=N–C) groups is 1. The number of carbonyl (C=O) groups excluding carboxylic acids is 1. The highest BCUT2D eigenvalue weighted by Gasteiger charge is 2.23. The lowest BCUT2D eigenvalue weighted by atomic mass is 10.0. The van der Waals surface area contributed by atoms with Crippen molar-refractivity contribution >= 4 is 11.9 Å². The van der Waals surface area contributed by atoms with Gasteiger partial charge in [0.15, 0.2) is 5.96 Å². The fourth-order valence-corrected chi connectivity index (χ4v) is 3.11. The largest absolute Gasteiger partial charge is 0.493 e. The number of para-hydroxylation sites is 1. The molecule has 0 fully saturated rings. The molecule has 0 saturated heterocycles. The van der Waals surface area contributed by atoms with E-state index in [1.54, 1.807) is 25.3 Å². The Morgan fingerprint density at radius 2 is 2.04 bits per heavy atom. The Kier molecular flexibility index (Phi) is 6.23. The van der Waals surface area contributed by atoms with E-state index in [-0.39, 0.29) is 18.5 Å². The minimum absolute atomic E-state index is 0.0421. The molecule has 1 aromatic heterocycles. The molecule has 150 valence electrons. The first-order chi connectivity index (χ1) is 13.5. The van der Waals surface area contributed by atoms with Crippen molar-refractivity contribution in [2.75, 3.05) is 34.3 Å². The lowest BCUT2D eigenvalue weighted by molar-refractivity contribution is -0.127. The molecule has 1 unspecified atom stereocenters. The number of likely N-dealkylation sites (N-methyl/N-ethyl adjacent to an activating group) is 1. The van der Waals surface area contributed by atoms with Crippen molar-refractivity contribution < 1.29 is 13.9 Å². The SMILES string of the molecule is Cc1occc1CN(C)C(=NCC(=O)N(C)C)NC1CCOc2ccccc21.